The second-order valence-corrected chi connectivity index (χ2v) is 10.7. The number of aromatic nitrogens is 2. The van der Waals surface area contributed by atoms with Gasteiger partial charge in [-0.2, -0.15) is 0 Å². The highest BCUT2D eigenvalue weighted by molar-refractivity contribution is 6.27. The molecule has 42 heavy (non-hydrogen) atoms. The van der Waals surface area contributed by atoms with Gasteiger partial charge in [-0.05, 0) is 82.1 Å². The highest BCUT2D eigenvalue weighted by atomic mass is 16.3. The van der Waals surface area contributed by atoms with E-state index < -0.39 is 13.7 Å². The first-order valence-corrected chi connectivity index (χ1v) is 13.9. The van der Waals surface area contributed by atoms with E-state index in [0.717, 1.165) is 43.7 Å². The van der Waals surface area contributed by atoms with Crippen molar-refractivity contribution in [2.75, 3.05) is 0 Å². The van der Waals surface area contributed by atoms with E-state index in [1.165, 1.54) is 17.5 Å². The first-order valence-electron chi connectivity index (χ1n) is 16.9. The smallest absolute Gasteiger partial charge is 0.149 e. The van der Waals surface area contributed by atoms with Crippen LogP contribution in [0, 0.1) is 13.7 Å². The maximum Gasteiger partial charge on any atom is 0.149 e. The van der Waals surface area contributed by atoms with Crippen molar-refractivity contribution < 1.29 is 12.6 Å². The Labute approximate surface area is 250 Å². The van der Waals surface area contributed by atoms with Crippen molar-refractivity contribution in [2.45, 2.75) is 13.7 Å². The molecule has 7 aromatic carbocycles. The molecule has 0 aliphatic rings. The number of para-hydroxylation sites is 3. The van der Waals surface area contributed by atoms with Gasteiger partial charge < -0.3 is 4.42 Å². The van der Waals surface area contributed by atoms with Crippen molar-refractivity contribution in [3.8, 4) is 17.1 Å². The number of furan rings is 1. The van der Waals surface area contributed by atoms with Crippen molar-refractivity contribution in [3.63, 3.8) is 0 Å². The fourth-order valence-electron chi connectivity index (χ4n) is 6.65. The second kappa shape index (κ2) is 8.55. The Balaban J connectivity index is 1.42. The summed E-state index contributed by atoms with van der Waals surface area (Å²) in [5.74, 6) is 0.622. The third kappa shape index (κ3) is 3.13. The predicted octanol–water partition coefficient (Wildman–Crippen LogP) is 10.7. The van der Waals surface area contributed by atoms with Crippen LogP contribution in [0.4, 0.5) is 0 Å². The van der Waals surface area contributed by atoms with Gasteiger partial charge in [0.05, 0.1) is 22.3 Å². The zero-order valence-electron chi connectivity index (χ0n) is 28.3. The SMILES string of the molecule is [2H]C([2H])([2H])c1cc(C([2H])([2H])[2H])c2oc3c(-c4nc5ccccc5n4-c4cccc5c6ccccc6c6ccccc6c45)cccc3c2c1. The minimum atomic E-state index is -2.59. The van der Waals surface area contributed by atoms with Crippen LogP contribution in [0.3, 0.4) is 0 Å². The molecule has 9 aromatic rings. The van der Waals surface area contributed by atoms with Crippen LogP contribution >= 0.6 is 0 Å². The molecule has 0 spiro atoms. The van der Waals surface area contributed by atoms with Gasteiger partial charge >= 0.3 is 0 Å². The molecular formula is C39H26N2O. The number of hydrogen-bond donors (Lipinski definition) is 0. The van der Waals surface area contributed by atoms with Gasteiger partial charge in [-0.15, -0.1) is 0 Å². The molecule has 9 rings (SSSR count). The third-order valence-electron chi connectivity index (χ3n) is 8.39. The molecule has 198 valence electrons. The van der Waals surface area contributed by atoms with Crippen LogP contribution in [0.25, 0.3) is 82.4 Å². The molecule has 2 heterocycles. The number of benzene rings is 7. The highest BCUT2D eigenvalue weighted by Crippen LogP contribution is 2.42. The number of nitrogens with zero attached hydrogens (tertiary/aromatic N) is 2. The van der Waals surface area contributed by atoms with E-state index in [1.54, 1.807) is 0 Å². The van der Waals surface area contributed by atoms with E-state index in [1.807, 2.05) is 42.5 Å². The Morgan fingerprint density at radius 2 is 1.26 bits per heavy atom. The van der Waals surface area contributed by atoms with Crippen LogP contribution in [0.5, 0.6) is 0 Å². The molecule has 2 aromatic heterocycles. The lowest BCUT2D eigenvalue weighted by Gasteiger charge is -2.17. The van der Waals surface area contributed by atoms with Crippen LogP contribution in [-0.2, 0) is 0 Å². The Hall–Kier alpha value is -5.41. The van der Waals surface area contributed by atoms with Crippen molar-refractivity contribution in [2.24, 2.45) is 0 Å². The van der Waals surface area contributed by atoms with Gasteiger partial charge in [0.25, 0.3) is 0 Å². The van der Waals surface area contributed by atoms with E-state index in [9.17, 15) is 0 Å². The Morgan fingerprint density at radius 3 is 2.05 bits per heavy atom. The summed E-state index contributed by atoms with van der Waals surface area (Å²) in [6.07, 6.45) is 0. The molecule has 0 atom stereocenters. The minimum absolute atomic E-state index is 0.0451. The maximum atomic E-state index is 8.24. The molecule has 0 amide bonds. The summed E-state index contributed by atoms with van der Waals surface area (Å²) < 4.78 is 57.5. The van der Waals surface area contributed by atoms with E-state index in [0.29, 0.717) is 27.7 Å². The summed E-state index contributed by atoms with van der Waals surface area (Å²) in [6, 6.07) is 39.6. The fourth-order valence-corrected chi connectivity index (χ4v) is 6.65. The van der Waals surface area contributed by atoms with E-state index in [2.05, 4.69) is 71.3 Å². The Kier molecular flexibility index (Phi) is 3.68. The summed E-state index contributed by atoms with van der Waals surface area (Å²) in [7, 11) is 0. The van der Waals surface area contributed by atoms with Crippen molar-refractivity contribution in [1.82, 2.24) is 9.55 Å². The molecule has 0 saturated carbocycles. The van der Waals surface area contributed by atoms with Gasteiger partial charge in [0, 0.05) is 24.4 Å². The van der Waals surface area contributed by atoms with Crippen LogP contribution < -0.4 is 0 Å². The summed E-state index contributed by atoms with van der Waals surface area (Å²) >= 11 is 0. The lowest BCUT2D eigenvalue weighted by Crippen LogP contribution is -2.00. The normalized spacial score (nSPS) is 14.8. The van der Waals surface area contributed by atoms with Crippen molar-refractivity contribution in [3.05, 3.63) is 132 Å². The fraction of sp³-hybridized carbons (Fsp3) is 0.0513. The van der Waals surface area contributed by atoms with E-state index in [-0.39, 0.29) is 16.7 Å². The molecule has 0 aliphatic carbocycles. The molecule has 0 aliphatic heterocycles. The van der Waals surface area contributed by atoms with Crippen LogP contribution in [0.1, 0.15) is 19.4 Å². The predicted molar refractivity (Wildman–Crippen MR) is 176 cm³/mol. The average molecular weight is 545 g/mol. The lowest BCUT2D eigenvalue weighted by molar-refractivity contribution is 0.666. The summed E-state index contributed by atoms with van der Waals surface area (Å²) in [4.78, 5) is 5.16. The minimum Gasteiger partial charge on any atom is -0.455 e. The molecule has 0 unspecified atom stereocenters. The topological polar surface area (TPSA) is 31.0 Å². The summed E-state index contributed by atoms with van der Waals surface area (Å²) in [5.41, 5.74) is 3.70. The molecule has 0 saturated heterocycles. The van der Waals surface area contributed by atoms with Gasteiger partial charge in [0.15, 0.2) is 0 Å². The van der Waals surface area contributed by atoms with Gasteiger partial charge in [0.1, 0.15) is 17.0 Å². The number of hydrogen-bond acceptors (Lipinski definition) is 2. The van der Waals surface area contributed by atoms with Crippen LogP contribution in [0.15, 0.2) is 126 Å². The van der Waals surface area contributed by atoms with Gasteiger partial charge in [-0.1, -0.05) is 91.0 Å². The third-order valence-corrected chi connectivity index (χ3v) is 8.39. The quantitative estimate of drug-likeness (QED) is 0.203. The van der Waals surface area contributed by atoms with Crippen molar-refractivity contribution >= 4 is 65.3 Å². The standard InChI is InChI=1S/C39H26N2O/c1-23-21-24(2)37-32(22-23)30-16-9-17-31(38(30)42-37)39-40-33-18-7-8-19-34(33)41(39)35-20-10-15-29-27-12-4-3-11-25(27)26-13-5-6-14-28(26)36(29)35/h3-22H,1-2H3/i1D3,2D3. The molecular weight excluding hydrogens is 512 g/mol. The molecule has 0 radical (unpaired) electrons. The Bertz CT molecular complexity index is 2720. The maximum absolute atomic E-state index is 8.24. The first kappa shape index (κ1) is 18.1. The zero-order chi connectivity index (χ0) is 32.9. The van der Waals surface area contributed by atoms with Crippen LogP contribution in [0.2, 0.25) is 0 Å². The molecule has 0 fully saturated rings. The van der Waals surface area contributed by atoms with Gasteiger partial charge in [0.2, 0.25) is 0 Å². The molecule has 0 N–H and O–H groups in total. The van der Waals surface area contributed by atoms with Gasteiger partial charge in [-0.3, -0.25) is 4.57 Å². The van der Waals surface area contributed by atoms with Crippen LogP contribution in [-0.4, -0.2) is 9.55 Å². The number of imidazole rings is 1. The van der Waals surface area contributed by atoms with E-state index in [4.69, 9.17) is 17.6 Å². The second-order valence-electron chi connectivity index (χ2n) is 10.7. The molecule has 3 nitrogen and oxygen atoms in total. The summed E-state index contributed by atoms with van der Waals surface area (Å²) in [5, 5.41) is 7.87. The number of fused-ring (bicyclic) bond motifs is 10. The van der Waals surface area contributed by atoms with Crippen molar-refractivity contribution in [1.29, 1.82) is 0 Å². The van der Waals surface area contributed by atoms with E-state index >= 15 is 0 Å². The number of aryl methyl sites for hydroxylation is 2. The first-order chi connectivity index (χ1) is 23.1. The monoisotopic (exact) mass is 544 g/mol. The summed E-state index contributed by atoms with van der Waals surface area (Å²) in [6.45, 7) is -5.09. The lowest BCUT2D eigenvalue weighted by atomic mass is 9.93. The largest absolute Gasteiger partial charge is 0.455 e. The zero-order valence-corrected chi connectivity index (χ0v) is 22.3. The molecule has 0 bridgehead atoms. The Morgan fingerprint density at radius 1 is 0.595 bits per heavy atom. The molecule has 3 heteroatoms. The van der Waals surface area contributed by atoms with Gasteiger partial charge in [-0.25, -0.2) is 4.98 Å². The average Bonchev–Trinajstić information content (AvgIpc) is 3.65. The number of rotatable bonds is 2. The highest BCUT2D eigenvalue weighted by Gasteiger charge is 2.22.